The molecule has 0 saturated carbocycles. The minimum atomic E-state index is -0.176. The molecule has 112 valence electrons. The van der Waals surface area contributed by atoms with Crippen molar-refractivity contribution in [3.63, 3.8) is 0 Å². The van der Waals surface area contributed by atoms with Crippen molar-refractivity contribution in [3.05, 3.63) is 35.6 Å². The normalized spacial score (nSPS) is 19.1. The van der Waals surface area contributed by atoms with E-state index in [2.05, 4.69) is 10.2 Å². The smallest absolute Gasteiger partial charge is 0.123 e. The lowest BCUT2D eigenvalue weighted by Crippen LogP contribution is -2.38. The number of piperidine rings is 1. The minimum Gasteiger partial charge on any atom is -0.381 e. The molecule has 2 rings (SSSR count). The van der Waals surface area contributed by atoms with Crippen molar-refractivity contribution < 1.29 is 9.13 Å². The zero-order valence-electron chi connectivity index (χ0n) is 12.4. The number of halogens is 1. The number of methoxy groups -OCH3 is 1. The molecule has 0 aromatic heterocycles. The molecule has 0 spiro atoms. The van der Waals surface area contributed by atoms with E-state index < -0.39 is 0 Å². The van der Waals surface area contributed by atoms with E-state index in [0.717, 1.165) is 44.5 Å². The molecule has 1 fully saturated rings. The number of hydrogen-bond donors (Lipinski definition) is 1. The van der Waals surface area contributed by atoms with Gasteiger partial charge in [-0.15, -0.1) is 0 Å². The molecule has 4 heteroatoms. The van der Waals surface area contributed by atoms with Gasteiger partial charge in [0.05, 0.1) is 6.10 Å². The second-order valence-electron chi connectivity index (χ2n) is 5.46. The van der Waals surface area contributed by atoms with Gasteiger partial charge in [-0.1, -0.05) is 12.1 Å². The highest BCUT2D eigenvalue weighted by atomic mass is 19.1. The Morgan fingerprint density at radius 3 is 2.50 bits per heavy atom. The summed E-state index contributed by atoms with van der Waals surface area (Å²) in [6.07, 6.45) is 3.72. The van der Waals surface area contributed by atoms with Crippen LogP contribution >= 0.6 is 0 Å². The Balaban J connectivity index is 1.81. The summed E-state index contributed by atoms with van der Waals surface area (Å²) in [6, 6.07) is 7.09. The maximum atomic E-state index is 13.0. The average molecular weight is 280 g/mol. The summed E-state index contributed by atoms with van der Waals surface area (Å²) in [7, 11) is 3.76. The van der Waals surface area contributed by atoms with Crippen molar-refractivity contribution in [2.45, 2.75) is 31.4 Å². The standard InChI is InChI=1S/C16H25FN2O/c1-18-16(13-3-5-14(17)6-4-13)9-12-19-10-7-15(20-2)8-11-19/h3-6,15-16,18H,7-12H2,1-2H3. The molecule has 0 bridgehead atoms. The summed E-state index contributed by atoms with van der Waals surface area (Å²) in [4.78, 5) is 2.49. The molecule has 1 aromatic carbocycles. The first kappa shape index (κ1) is 15.4. The number of hydrogen-bond acceptors (Lipinski definition) is 3. The summed E-state index contributed by atoms with van der Waals surface area (Å²) in [5.74, 6) is -0.176. The Hall–Kier alpha value is -0.970. The fourth-order valence-corrected chi connectivity index (χ4v) is 2.85. The molecule has 20 heavy (non-hydrogen) atoms. The van der Waals surface area contributed by atoms with Crippen molar-refractivity contribution in [2.24, 2.45) is 0 Å². The van der Waals surface area contributed by atoms with E-state index in [9.17, 15) is 4.39 Å². The monoisotopic (exact) mass is 280 g/mol. The first-order chi connectivity index (χ1) is 9.72. The third-order valence-electron chi connectivity index (χ3n) is 4.22. The quantitative estimate of drug-likeness (QED) is 0.867. The fraction of sp³-hybridized carbons (Fsp3) is 0.625. The van der Waals surface area contributed by atoms with Crippen LogP contribution in [0.2, 0.25) is 0 Å². The van der Waals surface area contributed by atoms with E-state index in [1.54, 1.807) is 7.11 Å². The van der Waals surface area contributed by atoms with Crippen molar-refractivity contribution in [1.82, 2.24) is 10.2 Å². The topological polar surface area (TPSA) is 24.5 Å². The van der Waals surface area contributed by atoms with Crippen LogP contribution in [-0.2, 0) is 4.74 Å². The molecule has 1 aromatic rings. The van der Waals surface area contributed by atoms with Crippen LogP contribution in [0.3, 0.4) is 0 Å². The molecule has 1 aliphatic heterocycles. The Bertz CT molecular complexity index is 388. The molecule has 1 heterocycles. The summed E-state index contributed by atoms with van der Waals surface area (Å²) >= 11 is 0. The summed E-state index contributed by atoms with van der Waals surface area (Å²) < 4.78 is 18.4. The van der Waals surface area contributed by atoms with Gasteiger partial charge in [-0.05, 0) is 50.6 Å². The molecule has 3 nitrogen and oxygen atoms in total. The van der Waals surface area contributed by atoms with Crippen LogP contribution < -0.4 is 5.32 Å². The zero-order valence-corrected chi connectivity index (χ0v) is 12.4. The van der Waals surface area contributed by atoms with E-state index in [-0.39, 0.29) is 11.9 Å². The van der Waals surface area contributed by atoms with Crippen molar-refractivity contribution >= 4 is 0 Å². The van der Waals surface area contributed by atoms with Crippen LogP contribution in [0.1, 0.15) is 30.9 Å². The van der Waals surface area contributed by atoms with Crippen LogP contribution in [-0.4, -0.2) is 44.8 Å². The van der Waals surface area contributed by atoms with Crippen LogP contribution in [0.5, 0.6) is 0 Å². The van der Waals surface area contributed by atoms with Crippen molar-refractivity contribution in [3.8, 4) is 0 Å². The zero-order chi connectivity index (χ0) is 14.4. The Kier molecular flexibility index (Phi) is 5.95. The number of benzene rings is 1. The highest BCUT2D eigenvalue weighted by Crippen LogP contribution is 2.19. The van der Waals surface area contributed by atoms with E-state index in [0.29, 0.717) is 6.10 Å². The molecule has 1 aliphatic rings. The molecule has 0 aliphatic carbocycles. The molecule has 0 radical (unpaired) electrons. The minimum absolute atomic E-state index is 0.176. The van der Waals surface area contributed by atoms with Gasteiger partial charge in [-0.25, -0.2) is 4.39 Å². The molecular weight excluding hydrogens is 255 g/mol. The van der Waals surface area contributed by atoms with Gasteiger partial charge in [0.25, 0.3) is 0 Å². The molecule has 1 N–H and O–H groups in total. The largest absolute Gasteiger partial charge is 0.381 e. The van der Waals surface area contributed by atoms with Gasteiger partial charge in [0.15, 0.2) is 0 Å². The Morgan fingerprint density at radius 2 is 1.95 bits per heavy atom. The molecule has 0 amide bonds. The van der Waals surface area contributed by atoms with Gasteiger partial charge < -0.3 is 15.0 Å². The number of nitrogens with one attached hydrogen (secondary N) is 1. The Morgan fingerprint density at radius 1 is 1.30 bits per heavy atom. The second kappa shape index (κ2) is 7.72. The molecule has 1 unspecified atom stereocenters. The van der Waals surface area contributed by atoms with E-state index in [1.165, 1.54) is 12.1 Å². The average Bonchev–Trinajstić information content (AvgIpc) is 2.50. The maximum absolute atomic E-state index is 13.0. The Labute approximate surface area is 121 Å². The molecule has 1 atom stereocenters. The summed E-state index contributed by atoms with van der Waals surface area (Å²) in [6.45, 7) is 3.29. The lowest BCUT2D eigenvalue weighted by molar-refractivity contribution is 0.0401. The van der Waals surface area contributed by atoms with Crippen LogP contribution in [0, 0.1) is 5.82 Å². The van der Waals surface area contributed by atoms with Crippen molar-refractivity contribution in [1.29, 1.82) is 0 Å². The second-order valence-corrected chi connectivity index (χ2v) is 5.46. The fourth-order valence-electron chi connectivity index (χ4n) is 2.85. The first-order valence-corrected chi connectivity index (χ1v) is 7.41. The predicted molar refractivity (Wildman–Crippen MR) is 79.3 cm³/mol. The van der Waals surface area contributed by atoms with Crippen LogP contribution in [0.15, 0.2) is 24.3 Å². The van der Waals surface area contributed by atoms with Gasteiger partial charge in [-0.2, -0.15) is 0 Å². The van der Waals surface area contributed by atoms with Crippen molar-refractivity contribution in [2.75, 3.05) is 33.8 Å². The van der Waals surface area contributed by atoms with E-state index in [4.69, 9.17) is 4.74 Å². The first-order valence-electron chi connectivity index (χ1n) is 7.41. The predicted octanol–water partition coefficient (Wildman–Crippen LogP) is 2.59. The van der Waals surface area contributed by atoms with Crippen LogP contribution in [0.4, 0.5) is 4.39 Å². The molecular formula is C16H25FN2O. The van der Waals surface area contributed by atoms with Crippen LogP contribution in [0.25, 0.3) is 0 Å². The third-order valence-corrected chi connectivity index (χ3v) is 4.22. The SMILES string of the molecule is CNC(CCN1CCC(OC)CC1)c1ccc(F)cc1. The summed E-state index contributed by atoms with van der Waals surface area (Å²) in [5, 5.41) is 3.32. The van der Waals surface area contributed by atoms with Gasteiger partial charge in [-0.3, -0.25) is 0 Å². The summed E-state index contributed by atoms with van der Waals surface area (Å²) in [5.41, 5.74) is 1.15. The number of likely N-dealkylation sites (tertiary alicyclic amines) is 1. The maximum Gasteiger partial charge on any atom is 0.123 e. The van der Waals surface area contributed by atoms with Gasteiger partial charge in [0.2, 0.25) is 0 Å². The lowest BCUT2D eigenvalue weighted by atomic mass is 10.0. The van der Waals surface area contributed by atoms with Gasteiger partial charge >= 0.3 is 0 Å². The number of ether oxygens (including phenoxy) is 1. The van der Waals surface area contributed by atoms with E-state index in [1.807, 2.05) is 19.2 Å². The molecule has 1 saturated heterocycles. The van der Waals surface area contributed by atoms with E-state index >= 15 is 0 Å². The third kappa shape index (κ3) is 4.27. The highest BCUT2D eigenvalue weighted by Gasteiger charge is 2.19. The highest BCUT2D eigenvalue weighted by molar-refractivity contribution is 5.19. The number of rotatable bonds is 6. The van der Waals surface area contributed by atoms with Gasteiger partial charge in [0, 0.05) is 26.2 Å². The van der Waals surface area contributed by atoms with Gasteiger partial charge in [0.1, 0.15) is 5.82 Å². The number of nitrogens with zero attached hydrogens (tertiary/aromatic N) is 1. The lowest BCUT2D eigenvalue weighted by Gasteiger charge is -2.32.